The predicted molar refractivity (Wildman–Crippen MR) is 107 cm³/mol. The Morgan fingerprint density at radius 3 is 2.52 bits per heavy atom. The van der Waals surface area contributed by atoms with Gasteiger partial charge in [0.05, 0.1) is 0 Å². The van der Waals surface area contributed by atoms with Gasteiger partial charge in [0.1, 0.15) is 0 Å². The van der Waals surface area contributed by atoms with Crippen LogP contribution in [-0.4, -0.2) is 28.3 Å². The largest absolute Gasteiger partial charge is 0.471 e. The van der Waals surface area contributed by atoms with Gasteiger partial charge in [0.15, 0.2) is 5.82 Å². The van der Waals surface area contributed by atoms with Crippen molar-refractivity contribution in [3.05, 3.63) is 40.5 Å². The number of alkyl halides is 3. The average Bonchev–Trinajstić information content (AvgIpc) is 3.05. The van der Waals surface area contributed by atoms with Crippen molar-refractivity contribution in [3.8, 4) is 0 Å². The van der Waals surface area contributed by atoms with Gasteiger partial charge in [0.25, 0.3) is 0 Å². The SMILES string of the molecule is CC(C)(C)NC(=O)N(CCCCCc1noc(C(F)(F)F)n1)c1cccc(Br)c1. The highest BCUT2D eigenvalue weighted by atomic mass is 79.9. The summed E-state index contributed by atoms with van der Waals surface area (Å²) < 4.78 is 42.5. The van der Waals surface area contributed by atoms with Crippen molar-refractivity contribution in [1.82, 2.24) is 15.5 Å². The Hall–Kier alpha value is -2.10. The lowest BCUT2D eigenvalue weighted by atomic mass is 10.1. The van der Waals surface area contributed by atoms with Gasteiger partial charge in [-0.2, -0.15) is 18.2 Å². The molecule has 2 amide bonds. The summed E-state index contributed by atoms with van der Waals surface area (Å²) in [5.41, 5.74) is 0.380. The number of hydrogen-bond acceptors (Lipinski definition) is 4. The second kappa shape index (κ2) is 9.60. The molecule has 1 N–H and O–H groups in total. The van der Waals surface area contributed by atoms with Crippen molar-refractivity contribution < 1.29 is 22.5 Å². The van der Waals surface area contributed by atoms with Crippen molar-refractivity contribution in [3.63, 3.8) is 0 Å². The Kier molecular flexibility index (Phi) is 7.67. The molecule has 0 spiro atoms. The molecule has 0 atom stereocenters. The molecule has 10 heteroatoms. The topological polar surface area (TPSA) is 71.3 Å². The van der Waals surface area contributed by atoms with E-state index in [9.17, 15) is 18.0 Å². The fraction of sp³-hybridized carbons (Fsp3) is 0.526. The molecule has 0 fully saturated rings. The predicted octanol–water partition coefficient (Wildman–Crippen LogP) is 5.58. The number of halogens is 4. The first-order valence-electron chi connectivity index (χ1n) is 9.21. The van der Waals surface area contributed by atoms with Crippen molar-refractivity contribution in [1.29, 1.82) is 0 Å². The first kappa shape index (κ1) is 23.2. The third-order valence-electron chi connectivity index (χ3n) is 3.84. The summed E-state index contributed by atoms with van der Waals surface area (Å²) >= 11 is 3.41. The highest BCUT2D eigenvalue weighted by Gasteiger charge is 2.38. The van der Waals surface area contributed by atoms with Crippen molar-refractivity contribution in [2.75, 3.05) is 11.4 Å². The summed E-state index contributed by atoms with van der Waals surface area (Å²) in [5, 5.41) is 6.31. The van der Waals surface area contributed by atoms with E-state index in [1.165, 1.54) is 0 Å². The standard InChI is InChI=1S/C19H24BrF3N4O2/c1-18(2,3)25-17(28)27(14-9-7-8-13(20)12-14)11-6-4-5-10-15-24-16(29-26-15)19(21,22)23/h7-9,12H,4-6,10-11H2,1-3H3,(H,25,28). The van der Waals surface area contributed by atoms with Crippen LogP contribution in [0.4, 0.5) is 23.7 Å². The molecule has 2 aromatic rings. The lowest BCUT2D eigenvalue weighted by Gasteiger charge is -2.28. The van der Waals surface area contributed by atoms with Gasteiger partial charge in [-0.25, -0.2) is 4.79 Å². The maximum atomic E-state index is 12.7. The molecule has 0 aliphatic heterocycles. The minimum atomic E-state index is -4.63. The van der Waals surface area contributed by atoms with Gasteiger partial charge in [0.2, 0.25) is 0 Å². The zero-order valence-electron chi connectivity index (χ0n) is 16.5. The van der Waals surface area contributed by atoms with Crippen molar-refractivity contribution in [2.24, 2.45) is 0 Å². The third-order valence-corrected chi connectivity index (χ3v) is 4.33. The minimum absolute atomic E-state index is 0.0339. The number of hydrogen-bond donors (Lipinski definition) is 1. The molecular weight excluding hydrogens is 453 g/mol. The fourth-order valence-corrected chi connectivity index (χ4v) is 2.97. The van der Waals surface area contributed by atoms with Crippen molar-refractivity contribution >= 4 is 27.6 Å². The smallest absolute Gasteiger partial charge is 0.333 e. The van der Waals surface area contributed by atoms with E-state index in [4.69, 9.17) is 0 Å². The molecule has 0 saturated heterocycles. The maximum absolute atomic E-state index is 12.7. The number of benzene rings is 1. The normalized spacial score (nSPS) is 12.1. The van der Waals surface area contributed by atoms with Gasteiger partial charge >= 0.3 is 18.1 Å². The monoisotopic (exact) mass is 476 g/mol. The zero-order chi connectivity index (χ0) is 21.7. The molecule has 1 aromatic heterocycles. The number of nitrogens with zero attached hydrogens (tertiary/aromatic N) is 3. The van der Waals surface area contributed by atoms with Crippen LogP contribution in [0.3, 0.4) is 0 Å². The van der Waals surface area contributed by atoms with E-state index in [0.29, 0.717) is 25.8 Å². The lowest BCUT2D eigenvalue weighted by Crippen LogP contribution is -2.49. The molecule has 0 unspecified atom stereocenters. The van der Waals surface area contributed by atoms with E-state index in [2.05, 4.69) is 35.9 Å². The van der Waals surface area contributed by atoms with Gasteiger partial charge in [-0.3, -0.25) is 4.90 Å². The third kappa shape index (κ3) is 7.68. The summed E-state index contributed by atoms with van der Waals surface area (Å²) in [5.74, 6) is -1.29. The number of unbranched alkanes of at least 4 members (excludes halogenated alkanes) is 2. The summed E-state index contributed by atoms with van der Waals surface area (Å²) in [6, 6.07) is 7.24. The Morgan fingerprint density at radius 2 is 1.93 bits per heavy atom. The van der Waals surface area contributed by atoms with E-state index in [1.54, 1.807) is 4.90 Å². The zero-order valence-corrected chi connectivity index (χ0v) is 18.1. The van der Waals surface area contributed by atoms with Crippen LogP contribution in [-0.2, 0) is 12.6 Å². The number of aryl methyl sites for hydroxylation is 1. The summed E-state index contributed by atoms with van der Waals surface area (Å²) in [4.78, 5) is 17.7. The minimum Gasteiger partial charge on any atom is -0.333 e. The second-order valence-corrected chi connectivity index (χ2v) is 8.55. The van der Waals surface area contributed by atoms with Gasteiger partial charge < -0.3 is 9.84 Å². The highest BCUT2D eigenvalue weighted by molar-refractivity contribution is 9.10. The first-order valence-corrected chi connectivity index (χ1v) is 10.00. The Morgan fingerprint density at radius 1 is 1.21 bits per heavy atom. The molecule has 0 aliphatic carbocycles. The van der Waals surface area contributed by atoms with Crippen LogP contribution in [0, 0.1) is 0 Å². The summed E-state index contributed by atoms with van der Waals surface area (Å²) in [6.45, 7) is 6.19. The van der Waals surface area contributed by atoms with Crippen LogP contribution in [0.25, 0.3) is 0 Å². The van der Waals surface area contributed by atoms with E-state index >= 15 is 0 Å². The molecular formula is C19H24BrF3N4O2. The lowest BCUT2D eigenvalue weighted by molar-refractivity contribution is -0.159. The molecule has 1 heterocycles. The van der Waals surface area contributed by atoms with Crippen LogP contribution >= 0.6 is 15.9 Å². The van der Waals surface area contributed by atoms with Gasteiger partial charge in [0, 0.05) is 28.7 Å². The number of carbonyl (C=O) groups is 1. The molecule has 1 aromatic carbocycles. The number of urea groups is 1. The van der Waals surface area contributed by atoms with Gasteiger partial charge in [-0.1, -0.05) is 33.6 Å². The highest BCUT2D eigenvalue weighted by Crippen LogP contribution is 2.27. The van der Waals surface area contributed by atoms with Crippen LogP contribution < -0.4 is 10.2 Å². The van der Waals surface area contributed by atoms with Crippen LogP contribution in [0.5, 0.6) is 0 Å². The van der Waals surface area contributed by atoms with Crippen LogP contribution in [0.1, 0.15) is 51.7 Å². The van der Waals surface area contributed by atoms with Gasteiger partial charge in [-0.05, 0) is 51.8 Å². The average molecular weight is 477 g/mol. The quantitative estimate of drug-likeness (QED) is 0.529. The molecule has 0 aliphatic rings. The molecule has 0 radical (unpaired) electrons. The van der Waals surface area contributed by atoms with E-state index in [-0.39, 0.29) is 23.8 Å². The number of rotatable bonds is 7. The molecule has 0 bridgehead atoms. The molecule has 6 nitrogen and oxygen atoms in total. The first-order chi connectivity index (χ1) is 13.5. The number of anilines is 1. The second-order valence-electron chi connectivity index (χ2n) is 7.64. The van der Waals surface area contributed by atoms with Crippen molar-refractivity contribution in [2.45, 2.75) is 58.2 Å². The van der Waals surface area contributed by atoms with Crippen LogP contribution in [0.2, 0.25) is 0 Å². The van der Waals surface area contributed by atoms with E-state index in [0.717, 1.165) is 10.2 Å². The molecule has 0 saturated carbocycles. The number of aromatic nitrogens is 2. The van der Waals surface area contributed by atoms with E-state index in [1.807, 2.05) is 45.0 Å². The summed E-state index contributed by atoms with van der Waals surface area (Å²) in [6.07, 6.45) is -2.39. The van der Waals surface area contributed by atoms with Crippen LogP contribution in [0.15, 0.2) is 33.3 Å². The number of nitrogens with one attached hydrogen (secondary N) is 1. The fourth-order valence-electron chi connectivity index (χ4n) is 2.58. The molecule has 29 heavy (non-hydrogen) atoms. The maximum Gasteiger partial charge on any atom is 0.471 e. The molecule has 160 valence electrons. The number of carbonyl (C=O) groups excluding carboxylic acids is 1. The number of amides is 2. The Bertz CT molecular complexity index is 818. The van der Waals surface area contributed by atoms with E-state index < -0.39 is 12.1 Å². The molecule has 2 rings (SSSR count). The summed E-state index contributed by atoms with van der Waals surface area (Å²) in [7, 11) is 0. The Labute approximate surface area is 176 Å². The Balaban J connectivity index is 1.90. The van der Waals surface area contributed by atoms with Gasteiger partial charge in [-0.15, -0.1) is 0 Å².